The summed E-state index contributed by atoms with van der Waals surface area (Å²) in [5, 5.41) is 3.70. The quantitative estimate of drug-likeness (QED) is 0.655. The highest BCUT2D eigenvalue weighted by atomic mass is 35.5. The standard InChI is InChI=1S/C17H19Cl2NO3/c1-23-16(22)17(9-3-2-4-10-17)20-15(21)8-6-12-5-7-13(18)14(19)11-12/h5-8,11H,2-4,9-10H2,1H3,(H,20,21)/b8-6+. The van der Waals surface area contributed by atoms with Crippen molar-refractivity contribution in [2.75, 3.05) is 7.11 Å². The fourth-order valence-electron chi connectivity index (χ4n) is 2.80. The number of rotatable bonds is 4. The molecule has 6 heteroatoms. The van der Waals surface area contributed by atoms with Gasteiger partial charge in [0.05, 0.1) is 17.2 Å². The molecule has 1 aliphatic rings. The summed E-state index contributed by atoms with van der Waals surface area (Å²) in [6.07, 6.45) is 7.08. The van der Waals surface area contributed by atoms with E-state index in [0.717, 1.165) is 24.8 Å². The van der Waals surface area contributed by atoms with Gasteiger partial charge >= 0.3 is 5.97 Å². The first kappa shape index (κ1) is 17.8. The maximum atomic E-state index is 12.2. The Kier molecular flexibility index (Phi) is 6.08. The monoisotopic (exact) mass is 355 g/mol. The van der Waals surface area contributed by atoms with Crippen LogP contribution in [-0.4, -0.2) is 24.5 Å². The summed E-state index contributed by atoms with van der Waals surface area (Å²) in [7, 11) is 1.34. The van der Waals surface area contributed by atoms with Gasteiger partial charge in [-0.05, 0) is 36.6 Å². The molecule has 0 spiro atoms. The van der Waals surface area contributed by atoms with E-state index < -0.39 is 5.54 Å². The Morgan fingerprint density at radius 2 is 1.87 bits per heavy atom. The summed E-state index contributed by atoms with van der Waals surface area (Å²) in [5.41, 5.74) is -0.156. The van der Waals surface area contributed by atoms with Crippen LogP contribution in [0, 0.1) is 0 Å². The third-order valence-corrected chi connectivity index (χ3v) is 4.76. The van der Waals surface area contributed by atoms with Crippen LogP contribution in [0.1, 0.15) is 37.7 Å². The minimum atomic E-state index is -0.911. The van der Waals surface area contributed by atoms with Crippen molar-refractivity contribution in [2.45, 2.75) is 37.6 Å². The number of hydrogen-bond acceptors (Lipinski definition) is 3. The molecule has 23 heavy (non-hydrogen) atoms. The molecule has 0 saturated heterocycles. The zero-order valence-electron chi connectivity index (χ0n) is 12.9. The van der Waals surface area contributed by atoms with Gasteiger partial charge in [-0.25, -0.2) is 4.79 Å². The lowest BCUT2D eigenvalue weighted by Crippen LogP contribution is -2.55. The SMILES string of the molecule is COC(=O)C1(NC(=O)/C=C/c2ccc(Cl)c(Cl)c2)CCCCC1. The summed E-state index contributed by atoms with van der Waals surface area (Å²) in [6.45, 7) is 0. The summed E-state index contributed by atoms with van der Waals surface area (Å²) in [5.74, 6) is -0.711. The first-order chi connectivity index (χ1) is 11.0. The Labute approximate surface area is 145 Å². The van der Waals surface area contributed by atoms with Crippen molar-refractivity contribution < 1.29 is 14.3 Å². The molecule has 0 bridgehead atoms. The van der Waals surface area contributed by atoms with Gasteiger partial charge in [-0.2, -0.15) is 0 Å². The van der Waals surface area contributed by atoms with E-state index in [4.69, 9.17) is 27.9 Å². The molecule has 124 valence electrons. The summed E-state index contributed by atoms with van der Waals surface area (Å²) in [6, 6.07) is 5.09. The van der Waals surface area contributed by atoms with E-state index in [-0.39, 0.29) is 11.9 Å². The fourth-order valence-corrected chi connectivity index (χ4v) is 3.10. The molecule has 4 nitrogen and oxygen atoms in total. The molecule has 0 aliphatic heterocycles. The van der Waals surface area contributed by atoms with Crippen molar-refractivity contribution >= 4 is 41.2 Å². The molecule has 0 unspecified atom stereocenters. The highest BCUT2D eigenvalue weighted by Gasteiger charge is 2.41. The zero-order chi connectivity index (χ0) is 16.9. The van der Waals surface area contributed by atoms with Crippen LogP contribution < -0.4 is 5.32 Å². The molecular formula is C17H19Cl2NO3. The molecule has 2 rings (SSSR count). The van der Waals surface area contributed by atoms with E-state index in [1.807, 2.05) is 0 Å². The highest BCUT2D eigenvalue weighted by molar-refractivity contribution is 6.42. The van der Waals surface area contributed by atoms with Crippen LogP contribution in [0.5, 0.6) is 0 Å². The topological polar surface area (TPSA) is 55.4 Å². The molecule has 1 fully saturated rings. The Hall–Kier alpha value is -1.52. The Morgan fingerprint density at radius 1 is 1.17 bits per heavy atom. The van der Waals surface area contributed by atoms with E-state index in [9.17, 15) is 9.59 Å². The number of hydrogen-bond donors (Lipinski definition) is 1. The van der Waals surface area contributed by atoms with Crippen LogP contribution in [0.2, 0.25) is 10.0 Å². The van der Waals surface area contributed by atoms with Crippen molar-refractivity contribution in [3.05, 3.63) is 39.9 Å². The molecule has 0 aromatic heterocycles. The second-order valence-electron chi connectivity index (χ2n) is 5.63. The Balaban J connectivity index is 2.08. The summed E-state index contributed by atoms with van der Waals surface area (Å²) < 4.78 is 4.88. The van der Waals surface area contributed by atoms with Gasteiger partial charge in [0.25, 0.3) is 0 Å². The predicted molar refractivity (Wildman–Crippen MR) is 91.5 cm³/mol. The number of halogens is 2. The van der Waals surface area contributed by atoms with Gasteiger partial charge in [0, 0.05) is 6.08 Å². The first-order valence-electron chi connectivity index (χ1n) is 7.50. The predicted octanol–water partition coefficient (Wildman–Crippen LogP) is 4.00. The van der Waals surface area contributed by atoms with E-state index in [0.29, 0.717) is 22.9 Å². The molecule has 0 atom stereocenters. The minimum absolute atomic E-state index is 0.330. The second-order valence-corrected chi connectivity index (χ2v) is 6.44. The number of carbonyl (C=O) groups excluding carboxylic acids is 2. The van der Waals surface area contributed by atoms with Crippen molar-refractivity contribution in [3.63, 3.8) is 0 Å². The lowest BCUT2D eigenvalue weighted by Gasteiger charge is -2.34. The van der Waals surface area contributed by atoms with Crippen LogP contribution >= 0.6 is 23.2 Å². The van der Waals surface area contributed by atoms with E-state index >= 15 is 0 Å². The van der Waals surface area contributed by atoms with Gasteiger partial charge in [-0.15, -0.1) is 0 Å². The first-order valence-corrected chi connectivity index (χ1v) is 8.26. The average molecular weight is 356 g/mol. The maximum absolute atomic E-state index is 12.2. The van der Waals surface area contributed by atoms with Crippen LogP contribution in [0.4, 0.5) is 0 Å². The van der Waals surface area contributed by atoms with Gasteiger partial charge in [-0.3, -0.25) is 4.79 Å². The largest absolute Gasteiger partial charge is 0.467 e. The average Bonchev–Trinajstić information content (AvgIpc) is 2.56. The lowest BCUT2D eigenvalue weighted by molar-refractivity contribution is -0.152. The van der Waals surface area contributed by atoms with Gasteiger partial charge in [0.1, 0.15) is 5.54 Å². The van der Waals surface area contributed by atoms with Crippen molar-refractivity contribution in [2.24, 2.45) is 0 Å². The summed E-state index contributed by atoms with van der Waals surface area (Å²) >= 11 is 11.8. The molecule has 1 amide bonds. The van der Waals surface area contributed by atoms with Gasteiger partial charge < -0.3 is 10.1 Å². The normalized spacial score (nSPS) is 17.0. The van der Waals surface area contributed by atoms with E-state index in [1.54, 1.807) is 24.3 Å². The second kappa shape index (κ2) is 7.84. The molecule has 0 heterocycles. The van der Waals surface area contributed by atoms with Crippen molar-refractivity contribution in [3.8, 4) is 0 Å². The number of ether oxygens (including phenoxy) is 1. The molecule has 1 aromatic carbocycles. The van der Waals surface area contributed by atoms with E-state index in [1.165, 1.54) is 13.2 Å². The molecule has 1 aliphatic carbocycles. The molecule has 1 saturated carbocycles. The maximum Gasteiger partial charge on any atom is 0.331 e. The van der Waals surface area contributed by atoms with Crippen LogP contribution in [-0.2, 0) is 14.3 Å². The minimum Gasteiger partial charge on any atom is -0.467 e. The van der Waals surface area contributed by atoms with Crippen molar-refractivity contribution in [1.82, 2.24) is 5.32 Å². The number of esters is 1. The molecule has 0 radical (unpaired) electrons. The Bertz CT molecular complexity index is 622. The molecule has 1 N–H and O–H groups in total. The van der Waals surface area contributed by atoms with Crippen LogP contribution in [0.25, 0.3) is 6.08 Å². The zero-order valence-corrected chi connectivity index (χ0v) is 14.4. The third-order valence-electron chi connectivity index (χ3n) is 4.02. The van der Waals surface area contributed by atoms with Crippen molar-refractivity contribution in [1.29, 1.82) is 0 Å². The van der Waals surface area contributed by atoms with Crippen LogP contribution in [0.3, 0.4) is 0 Å². The Morgan fingerprint density at radius 3 is 2.48 bits per heavy atom. The van der Waals surface area contributed by atoms with Gasteiger partial charge in [0.15, 0.2) is 0 Å². The number of methoxy groups -OCH3 is 1. The number of nitrogens with one attached hydrogen (secondary N) is 1. The third kappa shape index (κ3) is 4.49. The van der Waals surface area contributed by atoms with Gasteiger partial charge in [-0.1, -0.05) is 48.5 Å². The van der Waals surface area contributed by atoms with Gasteiger partial charge in [0.2, 0.25) is 5.91 Å². The number of benzene rings is 1. The molecule has 1 aromatic rings. The number of carbonyl (C=O) groups is 2. The summed E-state index contributed by atoms with van der Waals surface area (Å²) in [4.78, 5) is 24.3. The fraction of sp³-hybridized carbons (Fsp3) is 0.412. The highest BCUT2D eigenvalue weighted by Crippen LogP contribution is 2.29. The van der Waals surface area contributed by atoms with E-state index in [2.05, 4.69) is 5.32 Å². The molecular weight excluding hydrogens is 337 g/mol. The van der Waals surface area contributed by atoms with Crippen LogP contribution in [0.15, 0.2) is 24.3 Å². The smallest absolute Gasteiger partial charge is 0.331 e. The lowest BCUT2D eigenvalue weighted by atomic mass is 9.81. The number of amides is 1.